The standard InChI is InChI=1S/C40H62N2O2/c1-3-5-7-9-11-13-15-17-33-30-41-39(42-31-33)36-26-28-38(29-27-36)44-40(43)37-24-22-35(23-25-37)34-20-18-32(19-21-34)16-14-12-10-8-6-4-2/h26-32,34-35,37H,3-25H2,1-2H3. The van der Waals surface area contributed by atoms with Crippen LogP contribution in [0, 0.1) is 23.7 Å². The molecule has 0 aliphatic heterocycles. The summed E-state index contributed by atoms with van der Waals surface area (Å²) < 4.78 is 5.83. The summed E-state index contributed by atoms with van der Waals surface area (Å²) in [4.78, 5) is 22.2. The smallest absolute Gasteiger partial charge is 0.314 e. The molecule has 244 valence electrons. The maximum absolute atomic E-state index is 13.0. The Morgan fingerprint density at radius 3 is 1.77 bits per heavy atom. The summed E-state index contributed by atoms with van der Waals surface area (Å²) in [5.41, 5.74) is 2.16. The monoisotopic (exact) mass is 602 g/mol. The first-order valence-electron chi connectivity index (χ1n) is 18.8. The predicted molar refractivity (Wildman–Crippen MR) is 184 cm³/mol. The highest BCUT2D eigenvalue weighted by Crippen LogP contribution is 2.42. The SMILES string of the molecule is CCCCCCCCCc1cnc(-c2ccc(OC(=O)C3CCC(C4CCC(CCCCCCCC)CC4)CC3)cc2)nc1. The van der Waals surface area contributed by atoms with Gasteiger partial charge in [0.25, 0.3) is 0 Å². The van der Waals surface area contributed by atoms with Crippen LogP contribution in [0.1, 0.15) is 161 Å². The molecule has 0 bridgehead atoms. The van der Waals surface area contributed by atoms with Crippen molar-refractivity contribution in [1.29, 1.82) is 0 Å². The summed E-state index contributed by atoms with van der Waals surface area (Å²) >= 11 is 0. The number of ether oxygens (including phenoxy) is 1. The van der Waals surface area contributed by atoms with Crippen molar-refractivity contribution in [2.45, 2.75) is 162 Å². The van der Waals surface area contributed by atoms with Crippen molar-refractivity contribution in [2.75, 3.05) is 0 Å². The third kappa shape index (κ3) is 11.9. The maximum atomic E-state index is 13.0. The molecule has 4 rings (SSSR count). The molecular weight excluding hydrogens is 540 g/mol. The summed E-state index contributed by atoms with van der Waals surface area (Å²) in [5, 5.41) is 0. The highest BCUT2D eigenvalue weighted by atomic mass is 16.5. The Bertz CT molecular complexity index is 1030. The van der Waals surface area contributed by atoms with E-state index in [0.717, 1.165) is 48.4 Å². The number of aryl methyl sites for hydroxylation is 1. The van der Waals surface area contributed by atoms with Gasteiger partial charge in [0.1, 0.15) is 5.75 Å². The van der Waals surface area contributed by atoms with Crippen molar-refractivity contribution in [3.05, 3.63) is 42.2 Å². The summed E-state index contributed by atoms with van der Waals surface area (Å²) in [7, 11) is 0. The molecule has 4 nitrogen and oxygen atoms in total. The normalized spacial score (nSPS) is 22.1. The van der Waals surface area contributed by atoms with Gasteiger partial charge in [0.2, 0.25) is 0 Å². The Balaban J connectivity index is 1.11. The van der Waals surface area contributed by atoms with E-state index in [4.69, 9.17) is 4.74 Å². The van der Waals surface area contributed by atoms with Gasteiger partial charge in [-0.2, -0.15) is 0 Å². The van der Waals surface area contributed by atoms with Crippen molar-refractivity contribution in [2.24, 2.45) is 23.7 Å². The lowest BCUT2D eigenvalue weighted by Crippen LogP contribution is -2.30. The lowest BCUT2D eigenvalue weighted by atomic mass is 9.68. The van der Waals surface area contributed by atoms with Crippen molar-refractivity contribution in [3.63, 3.8) is 0 Å². The van der Waals surface area contributed by atoms with E-state index in [1.165, 1.54) is 134 Å². The number of hydrogen-bond donors (Lipinski definition) is 0. The van der Waals surface area contributed by atoms with Gasteiger partial charge in [-0.25, -0.2) is 9.97 Å². The topological polar surface area (TPSA) is 52.1 Å². The number of unbranched alkanes of at least 4 members (excludes halogenated alkanes) is 11. The number of benzene rings is 1. The van der Waals surface area contributed by atoms with Gasteiger partial charge in [0.05, 0.1) is 5.92 Å². The number of carbonyl (C=O) groups is 1. The van der Waals surface area contributed by atoms with Crippen LogP contribution in [0.15, 0.2) is 36.7 Å². The zero-order chi connectivity index (χ0) is 30.8. The lowest BCUT2D eigenvalue weighted by Gasteiger charge is -2.37. The molecule has 44 heavy (non-hydrogen) atoms. The van der Waals surface area contributed by atoms with Crippen LogP contribution in [0.25, 0.3) is 11.4 Å². The fraction of sp³-hybridized carbons (Fsp3) is 0.725. The zero-order valence-corrected chi connectivity index (χ0v) is 28.2. The quantitative estimate of drug-likeness (QED) is 0.0911. The van der Waals surface area contributed by atoms with E-state index >= 15 is 0 Å². The zero-order valence-electron chi connectivity index (χ0n) is 28.2. The van der Waals surface area contributed by atoms with Crippen LogP contribution in [0.2, 0.25) is 0 Å². The van der Waals surface area contributed by atoms with E-state index in [1.807, 2.05) is 36.7 Å². The molecule has 0 radical (unpaired) electrons. The van der Waals surface area contributed by atoms with Crippen LogP contribution in [0.3, 0.4) is 0 Å². The molecule has 1 aromatic heterocycles. The predicted octanol–water partition coefficient (Wildman–Crippen LogP) is 11.7. The van der Waals surface area contributed by atoms with Crippen LogP contribution < -0.4 is 4.74 Å². The number of carbonyl (C=O) groups excluding carboxylic acids is 1. The highest BCUT2D eigenvalue weighted by Gasteiger charge is 2.33. The second kappa shape index (κ2) is 20.0. The minimum Gasteiger partial charge on any atom is -0.426 e. The van der Waals surface area contributed by atoms with Crippen molar-refractivity contribution in [3.8, 4) is 17.1 Å². The molecule has 1 heterocycles. The van der Waals surface area contributed by atoms with E-state index < -0.39 is 0 Å². The summed E-state index contributed by atoms with van der Waals surface area (Å²) in [6, 6.07) is 7.71. The summed E-state index contributed by atoms with van der Waals surface area (Å²) in [6.45, 7) is 4.56. The fourth-order valence-electron chi connectivity index (χ4n) is 7.78. The highest BCUT2D eigenvalue weighted by molar-refractivity contribution is 5.75. The Morgan fingerprint density at radius 1 is 0.659 bits per heavy atom. The van der Waals surface area contributed by atoms with Gasteiger partial charge in [-0.3, -0.25) is 4.79 Å². The Hall–Kier alpha value is -2.23. The summed E-state index contributed by atoms with van der Waals surface area (Å²) in [5.74, 6) is 4.01. The van der Waals surface area contributed by atoms with Crippen LogP contribution in [0.4, 0.5) is 0 Å². The number of rotatable bonds is 19. The van der Waals surface area contributed by atoms with E-state index in [-0.39, 0.29) is 11.9 Å². The fourth-order valence-corrected chi connectivity index (χ4v) is 7.78. The first kappa shape index (κ1) is 34.6. The molecule has 0 atom stereocenters. The van der Waals surface area contributed by atoms with E-state index in [2.05, 4.69) is 23.8 Å². The Morgan fingerprint density at radius 2 is 1.18 bits per heavy atom. The summed E-state index contributed by atoms with van der Waals surface area (Å²) in [6.07, 6.45) is 34.2. The average molecular weight is 603 g/mol. The molecule has 4 heteroatoms. The van der Waals surface area contributed by atoms with Gasteiger partial charge in [0.15, 0.2) is 5.82 Å². The van der Waals surface area contributed by atoms with Crippen LogP contribution in [-0.2, 0) is 11.2 Å². The molecule has 0 amide bonds. The van der Waals surface area contributed by atoms with Gasteiger partial charge >= 0.3 is 5.97 Å². The number of aromatic nitrogens is 2. The minimum atomic E-state index is -0.0511. The molecule has 0 saturated heterocycles. The molecule has 2 fully saturated rings. The van der Waals surface area contributed by atoms with Gasteiger partial charge in [-0.1, -0.05) is 110 Å². The minimum absolute atomic E-state index is 0.0437. The Labute approximate surface area is 269 Å². The number of esters is 1. The molecule has 0 unspecified atom stereocenters. The van der Waals surface area contributed by atoms with E-state index in [1.54, 1.807) is 0 Å². The third-order valence-corrected chi connectivity index (χ3v) is 10.7. The third-order valence-electron chi connectivity index (χ3n) is 10.7. The molecular formula is C40H62N2O2. The van der Waals surface area contributed by atoms with Gasteiger partial charge in [0, 0.05) is 18.0 Å². The van der Waals surface area contributed by atoms with E-state index in [9.17, 15) is 4.79 Å². The molecule has 2 aliphatic carbocycles. The van der Waals surface area contributed by atoms with Crippen LogP contribution >= 0.6 is 0 Å². The molecule has 2 aromatic rings. The van der Waals surface area contributed by atoms with Crippen molar-refractivity contribution in [1.82, 2.24) is 9.97 Å². The van der Waals surface area contributed by atoms with Crippen molar-refractivity contribution < 1.29 is 9.53 Å². The Kier molecular flexibility index (Phi) is 15.8. The lowest BCUT2D eigenvalue weighted by molar-refractivity contribution is -0.140. The maximum Gasteiger partial charge on any atom is 0.314 e. The largest absolute Gasteiger partial charge is 0.426 e. The van der Waals surface area contributed by atoms with Crippen molar-refractivity contribution >= 4 is 5.97 Å². The molecule has 2 aliphatic rings. The number of nitrogens with zero attached hydrogens (tertiary/aromatic N) is 2. The van der Waals surface area contributed by atoms with Gasteiger partial charge in [-0.05, 0) is 98.9 Å². The van der Waals surface area contributed by atoms with Gasteiger partial charge in [-0.15, -0.1) is 0 Å². The number of hydrogen-bond acceptors (Lipinski definition) is 4. The van der Waals surface area contributed by atoms with Crippen LogP contribution in [-0.4, -0.2) is 15.9 Å². The van der Waals surface area contributed by atoms with Crippen LogP contribution in [0.5, 0.6) is 5.75 Å². The molecule has 0 N–H and O–H groups in total. The molecule has 2 saturated carbocycles. The first-order chi connectivity index (χ1) is 21.7. The van der Waals surface area contributed by atoms with E-state index in [0.29, 0.717) is 5.75 Å². The first-order valence-corrected chi connectivity index (χ1v) is 18.8. The average Bonchev–Trinajstić information content (AvgIpc) is 3.07. The second-order valence-electron chi connectivity index (χ2n) is 14.2. The molecule has 0 spiro atoms. The second-order valence-corrected chi connectivity index (χ2v) is 14.2. The van der Waals surface area contributed by atoms with Gasteiger partial charge < -0.3 is 4.74 Å². The molecule has 1 aromatic carbocycles.